The number of benzene rings is 1. The Labute approximate surface area is 120 Å². The van der Waals surface area contributed by atoms with Crippen LogP contribution in [-0.2, 0) is 4.79 Å². The number of H-pyrrole nitrogens is 1. The van der Waals surface area contributed by atoms with Crippen molar-refractivity contribution in [1.29, 1.82) is 0 Å². The summed E-state index contributed by atoms with van der Waals surface area (Å²) >= 11 is 0. The summed E-state index contributed by atoms with van der Waals surface area (Å²) in [6.07, 6.45) is 6.09. The lowest BCUT2D eigenvalue weighted by atomic mass is 10.0. The van der Waals surface area contributed by atoms with Crippen LogP contribution in [0.5, 0.6) is 0 Å². The summed E-state index contributed by atoms with van der Waals surface area (Å²) in [6.45, 7) is 5.13. The third kappa shape index (κ3) is 2.33. The van der Waals surface area contributed by atoms with Crippen LogP contribution in [0.2, 0.25) is 0 Å². The van der Waals surface area contributed by atoms with Crippen molar-refractivity contribution in [3.63, 3.8) is 0 Å². The molecule has 106 valence electrons. The molecule has 0 saturated carbocycles. The van der Waals surface area contributed by atoms with Gasteiger partial charge in [-0.3, -0.25) is 4.79 Å². The minimum atomic E-state index is 0.150. The summed E-state index contributed by atoms with van der Waals surface area (Å²) in [5.74, 6) is 0.302. The molecule has 0 bridgehead atoms. The van der Waals surface area contributed by atoms with Gasteiger partial charge in [-0.25, -0.2) is 0 Å². The average molecular weight is 270 g/mol. The number of hydrogen-bond acceptors (Lipinski definition) is 1. The largest absolute Gasteiger partial charge is 0.361 e. The van der Waals surface area contributed by atoms with Crippen LogP contribution in [0.3, 0.4) is 0 Å². The molecule has 3 heteroatoms. The first kappa shape index (κ1) is 13.2. The number of nitrogens with zero attached hydrogens (tertiary/aromatic N) is 1. The van der Waals surface area contributed by atoms with Crippen LogP contribution in [0, 0.1) is 6.92 Å². The number of carbonyl (C=O) groups is 1. The first-order chi connectivity index (χ1) is 9.66. The summed E-state index contributed by atoms with van der Waals surface area (Å²) in [5, 5.41) is 1.24. The van der Waals surface area contributed by atoms with Crippen molar-refractivity contribution >= 4 is 16.8 Å². The number of carbonyl (C=O) groups excluding carboxylic acids is 1. The molecule has 3 rings (SSSR count). The Kier molecular flexibility index (Phi) is 3.51. The summed E-state index contributed by atoms with van der Waals surface area (Å²) in [5.41, 5.74) is 3.65. The standard InChI is InChI=1S/C17H22N2O/c1-12-7-8-14-15(11-18-16(14)10-12)13(2)19-9-5-3-4-6-17(19)20/h7-8,10-11,13,18H,3-6,9H2,1-2H3. The topological polar surface area (TPSA) is 36.1 Å². The molecule has 1 fully saturated rings. The number of aromatic nitrogens is 1. The lowest BCUT2D eigenvalue weighted by molar-refractivity contribution is -0.132. The van der Waals surface area contributed by atoms with E-state index in [1.807, 2.05) is 0 Å². The van der Waals surface area contributed by atoms with Gasteiger partial charge in [0.1, 0.15) is 0 Å². The molecular weight excluding hydrogens is 248 g/mol. The molecule has 1 unspecified atom stereocenters. The van der Waals surface area contributed by atoms with E-state index in [1.165, 1.54) is 22.9 Å². The summed E-state index contributed by atoms with van der Waals surface area (Å²) in [6, 6.07) is 6.61. The quantitative estimate of drug-likeness (QED) is 0.881. The first-order valence-corrected chi connectivity index (χ1v) is 7.54. The van der Waals surface area contributed by atoms with Crippen molar-refractivity contribution < 1.29 is 4.79 Å². The van der Waals surface area contributed by atoms with Crippen molar-refractivity contribution in [1.82, 2.24) is 9.88 Å². The van der Waals surface area contributed by atoms with Gasteiger partial charge in [-0.05, 0) is 43.9 Å². The van der Waals surface area contributed by atoms with Gasteiger partial charge in [0.25, 0.3) is 0 Å². The molecule has 1 amide bonds. The molecule has 1 aliphatic rings. The third-order valence-electron chi connectivity index (χ3n) is 4.40. The first-order valence-electron chi connectivity index (χ1n) is 7.54. The van der Waals surface area contributed by atoms with E-state index in [2.05, 4.69) is 48.1 Å². The number of nitrogens with one attached hydrogen (secondary N) is 1. The molecule has 20 heavy (non-hydrogen) atoms. The number of aryl methyl sites for hydroxylation is 1. The fourth-order valence-electron chi connectivity index (χ4n) is 3.19. The van der Waals surface area contributed by atoms with Crippen molar-refractivity contribution in [2.24, 2.45) is 0 Å². The van der Waals surface area contributed by atoms with Gasteiger partial charge in [0, 0.05) is 30.1 Å². The molecule has 0 radical (unpaired) electrons. The number of amides is 1. The average Bonchev–Trinajstić information content (AvgIpc) is 2.72. The van der Waals surface area contributed by atoms with Gasteiger partial charge in [-0.2, -0.15) is 0 Å². The van der Waals surface area contributed by atoms with Crippen molar-refractivity contribution in [3.8, 4) is 0 Å². The molecule has 0 spiro atoms. The molecule has 1 aromatic heterocycles. The van der Waals surface area contributed by atoms with Gasteiger partial charge in [-0.1, -0.05) is 18.6 Å². The number of rotatable bonds is 2. The smallest absolute Gasteiger partial charge is 0.223 e. The Morgan fingerprint density at radius 2 is 2.10 bits per heavy atom. The number of fused-ring (bicyclic) bond motifs is 1. The van der Waals surface area contributed by atoms with Crippen LogP contribution in [0.4, 0.5) is 0 Å². The van der Waals surface area contributed by atoms with Crippen molar-refractivity contribution in [2.75, 3.05) is 6.54 Å². The van der Waals surface area contributed by atoms with E-state index in [4.69, 9.17) is 0 Å². The molecule has 1 N–H and O–H groups in total. The molecule has 0 aliphatic carbocycles. The van der Waals surface area contributed by atoms with Gasteiger partial charge in [0.15, 0.2) is 0 Å². The van der Waals surface area contributed by atoms with E-state index in [0.717, 1.165) is 24.9 Å². The zero-order valence-electron chi connectivity index (χ0n) is 12.3. The SMILES string of the molecule is Cc1ccc2c(C(C)N3CCCCCC3=O)c[nH]c2c1. The highest BCUT2D eigenvalue weighted by atomic mass is 16.2. The van der Waals surface area contributed by atoms with Gasteiger partial charge >= 0.3 is 0 Å². The lowest BCUT2D eigenvalue weighted by Crippen LogP contribution is -2.32. The predicted octanol–water partition coefficient (Wildman–Crippen LogP) is 3.94. The maximum absolute atomic E-state index is 12.3. The number of aromatic amines is 1. The zero-order chi connectivity index (χ0) is 14.1. The molecule has 2 heterocycles. The maximum Gasteiger partial charge on any atom is 0.223 e. The minimum absolute atomic E-state index is 0.150. The fraction of sp³-hybridized carbons (Fsp3) is 0.471. The van der Waals surface area contributed by atoms with Crippen LogP contribution in [-0.4, -0.2) is 22.3 Å². The van der Waals surface area contributed by atoms with Crippen LogP contribution >= 0.6 is 0 Å². The Hall–Kier alpha value is -1.77. The Balaban J connectivity index is 1.95. The van der Waals surface area contributed by atoms with E-state index in [0.29, 0.717) is 12.3 Å². The third-order valence-corrected chi connectivity index (χ3v) is 4.40. The second-order valence-corrected chi connectivity index (χ2v) is 5.87. The summed E-state index contributed by atoms with van der Waals surface area (Å²) in [4.78, 5) is 17.6. The number of hydrogen-bond donors (Lipinski definition) is 1. The highest BCUT2D eigenvalue weighted by Gasteiger charge is 2.24. The van der Waals surface area contributed by atoms with E-state index in [9.17, 15) is 4.79 Å². The van der Waals surface area contributed by atoms with E-state index in [-0.39, 0.29) is 6.04 Å². The lowest BCUT2D eigenvalue weighted by Gasteiger charge is -2.28. The van der Waals surface area contributed by atoms with Crippen molar-refractivity contribution in [3.05, 3.63) is 35.5 Å². The number of likely N-dealkylation sites (tertiary alicyclic amines) is 1. The van der Waals surface area contributed by atoms with E-state index in [1.54, 1.807) is 0 Å². The van der Waals surface area contributed by atoms with E-state index >= 15 is 0 Å². The Bertz CT molecular complexity index is 629. The van der Waals surface area contributed by atoms with Gasteiger partial charge in [0.05, 0.1) is 6.04 Å². The van der Waals surface area contributed by atoms with Gasteiger partial charge < -0.3 is 9.88 Å². The zero-order valence-corrected chi connectivity index (χ0v) is 12.3. The highest BCUT2D eigenvalue weighted by molar-refractivity contribution is 5.85. The normalized spacial score (nSPS) is 18.3. The summed E-state index contributed by atoms with van der Waals surface area (Å²) < 4.78 is 0. The second-order valence-electron chi connectivity index (χ2n) is 5.87. The Morgan fingerprint density at radius 1 is 1.25 bits per heavy atom. The van der Waals surface area contributed by atoms with Crippen LogP contribution in [0.25, 0.3) is 10.9 Å². The monoisotopic (exact) mass is 270 g/mol. The van der Waals surface area contributed by atoms with Crippen LogP contribution < -0.4 is 0 Å². The molecular formula is C17H22N2O. The van der Waals surface area contributed by atoms with Crippen LogP contribution in [0.15, 0.2) is 24.4 Å². The van der Waals surface area contributed by atoms with Gasteiger partial charge in [0.2, 0.25) is 5.91 Å². The molecule has 3 nitrogen and oxygen atoms in total. The van der Waals surface area contributed by atoms with Crippen LogP contribution in [0.1, 0.15) is 49.8 Å². The second kappa shape index (κ2) is 5.31. The highest BCUT2D eigenvalue weighted by Crippen LogP contribution is 2.30. The van der Waals surface area contributed by atoms with Gasteiger partial charge in [-0.15, -0.1) is 0 Å². The predicted molar refractivity (Wildman–Crippen MR) is 81.6 cm³/mol. The molecule has 1 saturated heterocycles. The molecule has 2 aromatic rings. The van der Waals surface area contributed by atoms with E-state index < -0.39 is 0 Å². The summed E-state index contributed by atoms with van der Waals surface area (Å²) in [7, 11) is 0. The molecule has 1 aliphatic heterocycles. The van der Waals surface area contributed by atoms with Crippen molar-refractivity contribution in [2.45, 2.75) is 45.6 Å². The molecule has 1 atom stereocenters. The maximum atomic E-state index is 12.3. The fourth-order valence-corrected chi connectivity index (χ4v) is 3.19. The molecule has 1 aromatic carbocycles. The minimum Gasteiger partial charge on any atom is -0.361 e. The Morgan fingerprint density at radius 3 is 2.95 bits per heavy atom.